The van der Waals surface area contributed by atoms with Gasteiger partial charge < -0.3 is 5.11 Å². The summed E-state index contributed by atoms with van der Waals surface area (Å²) < 4.78 is 0. The minimum absolute atomic E-state index is 0.205. The maximum Gasteiger partial charge on any atom is 0.336 e. The number of hydrogen-bond donors (Lipinski definition) is 1. The molecule has 0 aliphatic carbocycles. The van der Waals surface area contributed by atoms with E-state index in [1.54, 1.807) is 26.0 Å². The molecule has 88 valence electrons. The van der Waals surface area contributed by atoms with Crippen LogP contribution >= 0.6 is 23.2 Å². The summed E-state index contributed by atoms with van der Waals surface area (Å²) in [6.07, 6.45) is 0. The predicted molar refractivity (Wildman–Crippen MR) is 68.2 cm³/mol. The van der Waals surface area contributed by atoms with E-state index in [9.17, 15) is 9.90 Å². The van der Waals surface area contributed by atoms with Crippen molar-refractivity contribution in [3.05, 3.63) is 39.0 Å². The van der Waals surface area contributed by atoms with Crippen molar-refractivity contribution in [1.82, 2.24) is 4.98 Å². The Hall–Kier alpha value is -1.32. The molecule has 2 rings (SSSR count). The number of aromatic carboxylic acids is 1. The normalized spacial score (nSPS) is 10.8. The molecular formula is C12H9Cl2NO2. The summed E-state index contributed by atoms with van der Waals surface area (Å²) in [7, 11) is 0. The maximum absolute atomic E-state index is 11.3. The highest BCUT2D eigenvalue weighted by Crippen LogP contribution is 2.31. The molecule has 0 bridgehead atoms. The average Bonchev–Trinajstić information content (AvgIpc) is 2.20. The Morgan fingerprint density at radius 2 is 1.94 bits per heavy atom. The first-order valence-corrected chi connectivity index (χ1v) is 5.66. The van der Waals surface area contributed by atoms with E-state index in [4.69, 9.17) is 23.2 Å². The average molecular weight is 270 g/mol. The van der Waals surface area contributed by atoms with Crippen LogP contribution in [0.4, 0.5) is 0 Å². The summed E-state index contributed by atoms with van der Waals surface area (Å²) in [6, 6.07) is 3.13. The number of aromatic nitrogens is 1. The quantitative estimate of drug-likeness (QED) is 0.856. The summed E-state index contributed by atoms with van der Waals surface area (Å²) in [5, 5.41) is 10.5. The van der Waals surface area contributed by atoms with Gasteiger partial charge in [0.05, 0.1) is 16.1 Å². The lowest BCUT2D eigenvalue weighted by Crippen LogP contribution is -2.05. The lowest BCUT2D eigenvalue weighted by Gasteiger charge is -2.10. The summed E-state index contributed by atoms with van der Waals surface area (Å²) in [5.74, 6) is -1.00. The fraction of sp³-hybridized carbons (Fsp3) is 0.167. The molecule has 1 aromatic carbocycles. The molecule has 0 radical (unpaired) electrons. The van der Waals surface area contributed by atoms with Gasteiger partial charge in [-0.05, 0) is 31.5 Å². The molecule has 1 N–H and O–H groups in total. The Morgan fingerprint density at radius 3 is 2.53 bits per heavy atom. The van der Waals surface area contributed by atoms with Crippen molar-refractivity contribution >= 4 is 40.1 Å². The Kier molecular flexibility index (Phi) is 2.98. The fourth-order valence-corrected chi connectivity index (χ4v) is 2.32. The van der Waals surface area contributed by atoms with Gasteiger partial charge in [0, 0.05) is 16.1 Å². The highest BCUT2D eigenvalue weighted by molar-refractivity contribution is 6.38. The fourth-order valence-electron chi connectivity index (χ4n) is 1.78. The van der Waals surface area contributed by atoms with E-state index >= 15 is 0 Å². The van der Waals surface area contributed by atoms with E-state index in [1.807, 2.05) is 0 Å². The van der Waals surface area contributed by atoms with Gasteiger partial charge in [-0.1, -0.05) is 23.2 Å². The number of fused-ring (bicyclic) bond motifs is 1. The van der Waals surface area contributed by atoms with Gasteiger partial charge in [0.15, 0.2) is 0 Å². The monoisotopic (exact) mass is 269 g/mol. The minimum Gasteiger partial charge on any atom is -0.478 e. The number of carboxylic acid groups (broad SMARTS) is 1. The van der Waals surface area contributed by atoms with Crippen LogP contribution in [0.25, 0.3) is 10.9 Å². The first kappa shape index (κ1) is 12.1. The van der Waals surface area contributed by atoms with Crippen LogP contribution in [-0.4, -0.2) is 16.1 Å². The molecule has 17 heavy (non-hydrogen) atoms. The molecule has 0 saturated heterocycles. The van der Waals surface area contributed by atoms with Crippen LogP contribution in [0.1, 0.15) is 21.6 Å². The summed E-state index contributed by atoms with van der Waals surface area (Å²) in [4.78, 5) is 15.6. The van der Waals surface area contributed by atoms with E-state index in [0.717, 1.165) is 0 Å². The van der Waals surface area contributed by atoms with Crippen molar-refractivity contribution in [3.8, 4) is 0 Å². The minimum atomic E-state index is -1.00. The van der Waals surface area contributed by atoms with Gasteiger partial charge in [0.2, 0.25) is 0 Å². The zero-order valence-corrected chi connectivity index (χ0v) is 10.7. The molecule has 0 spiro atoms. The van der Waals surface area contributed by atoms with Crippen LogP contribution in [0.2, 0.25) is 10.0 Å². The lowest BCUT2D eigenvalue weighted by atomic mass is 10.0. The summed E-state index contributed by atoms with van der Waals surface area (Å²) in [6.45, 7) is 3.48. The van der Waals surface area contributed by atoms with Crippen molar-refractivity contribution in [1.29, 1.82) is 0 Å². The molecule has 3 nitrogen and oxygen atoms in total. The number of aryl methyl sites for hydroxylation is 1. The van der Waals surface area contributed by atoms with Crippen molar-refractivity contribution in [2.75, 3.05) is 0 Å². The Balaban J connectivity index is 3.03. The van der Waals surface area contributed by atoms with Crippen LogP contribution in [0.3, 0.4) is 0 Å². The molecule has 1 aromatic heterocycles. The zero-order chi connectivity index (χ0) is 12.7. The third-order valence-corrected chi connectivity index (χ3v) is 3.21. The molecular weight excluding hydrogens is 261 g/mol. The van der Waals surface area contributed by atoms with Crippen LogP contribution < -0.4 is 0 Å². The number of nitrogens with zero attached hydrogens (tertiary/aromatic N) is 1. The molecule has 0 saturated carbocycles. The first-order chi connectivity index (χ1) is 7.91. The van der Waals surface area contributed by atoms with E-state index < -0.39 is 5.97 Å². The largest absolute Gasteiger partial charge is 0.478 e. The van der Waals surface area contributed by atoms with Gasteiger partial charge in [0.1, 0.15) is 0 Å². The van der Waals surface area contributed by atoms with Gasteiger partial charge in [-0.25, -0.2) is 4.79 Å². The molecule has 0 unspecified atom stereocenters. The topological polar surface area (TPSA) is 50.2 Å². The van der Waals surface area contributed by atoms with Gasteiger partial charge >= 0.3 is 5.97 Å². The van der Waals surface area contributed by atoms with Gasteiger partial charge in [-0.2, -0.15) is 0 Å². The van der Waals surface area contributed by atoms with E-state index in [1.165, 1.54) is 0 Å². The highest BCUT2D eigenvalue weighted by atomic mass is 35.5. The Morgan fingerprint density at radius 1 is 1.29 bits per heavy atom. The van der Waals surface area contributed by atoms with Gasteiger partial charge in [-0.15, -0.1) is 0 Å². The number of halogens is 2. The van der Waals surface area contributed by atoms with Crippen LogP contribution in [-0.2, 0) is 0 Å². The van der Waals surface area contributed by atoms with E-state index in [0.29, 0.717) is 32.2 Å². The third-order valence-electron chi connectivity index (χ3n) is 2.71. The number of rotatable bonds is 1. The molecule has 0 aliphatic heterocycles. The van der Waals surface area contributed by atoms with Crippen molar-refractivity contribution < 1.29 is 9.90 Å². The SMILES string of the molecule is Cc1nc2c(Cl)cc(Cl)cc2c(C(=O)O)c1C. The van der Waals surface area contributed by atoms with Crippen LogP contribution in [0, 0.1) is 13.8 Å². The Labute approximate surface area is 108 Å². The number of carboxylic acids is 1. The summed E-state index contributed by atoms with van der Waals surface area (Å²) in [5.41, 5.74) is 1.95. The zero-order valence-electron chi connectivity index (χ0n) is 9.21. The number of benzene rings is 1. The third kappa shape index (κ3) is 1.96. The Bertz CT molecular complexity index is 638. The highest BCUT2D eigenvalue weighted by Gasteiger charge is 2.17. The molecule has 0 amide bonds. The van der Waals surface area contributed by atoms with E-state index in [2.05, 4.69) is 4.98 Å². The molecule has 5 heteroatoms. The van der Waals surface area contributed by atoms with Crippen molar-refractivity contribution in [2.24, 2.45) is 0 Å². The van der Waals surface area contributed by atoms with Crippen molar-refractivity contribution in [3.63, 3.8) is 0 Å². The molecule has 0 atom stereocenters. The van der Waals surface area contributed by atoms with Gasteiger partial charge in [-0.3, -0.25) is 4.98 Å². The number of hydrogen-bond acceptors (Lipinski definition) is 2. The molecule has 1 heterocycles. The standard InChI is InChI=1S/C12H9Cl2NO2/c1-5-6(2)15-11-8(10(5)12(16)17)3-7(13)4-9(11)14/h3-4H,1-2H3,(H,16,17). The van der Waals surface area contributed by atoms with Crippen molar-refractivity contribution in [2.45, 2.75) is 13.8 Å². The predicted octanol–water partition coefficient (Wildman–Crippen LogP) is 3.86. The number of carbonyl (C=O) groups is 1. The summed E-state index contributed by atoms with van der Waals surface area (Å²) >= 11 is 11.9. The van der Waals surface area contributed by atoms with Crippen LogP contribution in [0.5, 0.6) is 0 Å². The molecule has 0 fully saturated rings. The van der Waals surface area contributed by atoms with Gasteiger partial charge in [0.25, 0.3) is 0 Å². The smallest absolute Gasteiger partial charge is 0.336 e. The van der Waals surface area contributed by atoms with E-state index in [-0.39, 0.29) is 5.56 Å². The van der Waals surface area contributed by atoms with Crippen LogP contribution in [0.15, 0.2) is 12.1 Å². The second kappa shape index (κ2) is 4.17. The first-order valence-electron chi connectivity index (χ1n) is 4.91. The second-order valence-corrected chi connectivity index (χ2v) is 4.63. The number of pyridine rings is 1. The maximum atomic E-state index is 11.3. The lowest BCUT2D eigenvalue weighted by molar-refractivity contribution is 0.0698. The second-order valence-electron chi connectivity index (χ2n) is 3.79. The molecule has 2 aromatic rings. The molecule has 0 aliphatic rings.